The maximum atomic E-state index is 12.9. The smallest absolute Gasteiger partial charge is 0.253 e. The van der Waals surface area contributed by atoms with E-state index in [1.807, 2.05) is 68.1 Å². The van der Waals surface area contributed by atoms with E-state index in [-0.39, 0.29) is 11.8 Å². The minimum atomic E-state index is 0.0648. The molecule has 1 fully saturated rings. The van der Waals surface area contributed by atoms with E-state index in [2.05, 4.69) is 20.3 Å². The number of hydrogen-bond donors (Lipinski definition) is 1. The van der Waals surface area contributed by atoms with Crippen molar-refractivity contribution in [2.45, 2.75) is 39.5 Å². The normalized spacial score (nSPS) is 16.4. The molecule has 7 heteroatoms. The zero-order valence-electron chi connectivity index (χ0n) is 17.6. The Balaban J connectivity index is 1.54. The molecule has 2 aromatic heterocycles. The maximum Gasteiger partial charge on any atom is 0.253 e. The highest BCUT2D eigenvalue weighted by Crippen LogP contribution is 2.27. The van der Waals surface area contributed by atoms with Crippen molar-refractivity contribution in [1.82, 2.24) is 24.8 Å². The summed E-state index contributed by atoms with van der Waals surface area (Å²) in [4.78, 5) is 33.1. The highest BCUT2D eigenvalue weighted by molar-refractivity contribution is 5.94. The number of likely N-dealkylation sites (tertiary alicyclic amines) is 1. The molecule has 0 aliphatic carbocycles. The molecular weight excluding hydrogens is 376 g/mol. The molecule has 0 saturated carbocycles. The van der Waals surface area contributed by atoms with Gasteiger partial charge in [-0.05, 0) is 51.8 Å². The molecule has 1 aliphatic rings. The van der Waals surface area contributed by atoms with Crippen LogP contribution in [-0.2, 0) is 0 Å². The molecule has 1 unspecified atom stereocenters. The number of nitrogens with one attached hydrogen (secondary N) is 1. The van der Waals surface area contributed by atoms with Crippen molar-refractivity contribution in [2.24, 2.45) is 0 Å². The summed E-state index contributed by atoms with van der Waals surface area (Å²) in [7, 11) is 0. The van der Waals surface area contributed by atoms with Crippen LogP contribution >= 0.6 is 0 Å². The monoisotopic (exact) mass is 402 g/mol. The fourth-order valence-corrected chi connectivity index (χ4v) is 3.87. The molecule has 1 N–H and O–H groups in total. The summed E-state index contributed by atoms with van der Waals surface area (Å²) >= 11 is 0. The summed E-state index contributed by atoms with van der Waals surface area (Å²) in [5, 5.41) is 3.21. The van der Waals surface area contributed by atoms with Gasteiger partial charge < -0.3 is 10.2 Å². The lowest BCUT2D eigenvalue weighted by atomic mass is 9.96. The number of amides is 1. The average molecular weight is 403 g/mol. The van der Waals surface area contributed by atoms with E-state index in [4.69, 9.17) is 4.98 Å². The number of aromatic nitrogens is 4. The van der Waals surface area contributed by atoms with Crippen molar-refractivity contribution < 1.29 is 4.79 Å². The van der Waals surface area contributed by atoms with Crippen LogP contribution in [0.2, 0.25) is 0 Å². The molecule has 30 heavy (non-hydrogen) atoms. The summed E-state index contributed by atoms with van der Waals surface area (Å²) in [6, 6.07) is 13.3. The zero-order chi connectivity index (χ0) is 21.1. The molecule has 0 bridgehead atoms. The van der Waals surface area contributed by atoms with Crippen molar-refractivity contribution in [3.05, 3.63) is 70.9 Å². The van der Waals surface area contributed by atoms with Crippen molar-refractivity contribution in [1.29, 1.82) is 0 Å². The van der Waals surface area contributed by atoms with Crippen LogP contribution in [0.3, 0.4) is 0 Å². The topological polar surface area (TPSA) is 83.9 Å². The molecule has 1 aliphatic heterocycles. The number of carbonyl (C=O) groups excluding carboxylic acids is 1. The first-order valence-corrected chi connectivity index (χ1v) is 10.3. The maximum absolute atomic E-state index is 12.9. The molecular formula is C23H26N6O. The third-order valence-corrected chi connectivity index (χ3v) is 5.19. The largest absolute Gasteiger partial charge is 0.338 e. The number of aryl methyl sites for hydroxylation is 3. The van der Waals surface area contributed by atoms with Crippen LogP contribution in [0.1, 0.15) is 52.0 Å². The van der Waals surface area contributed by atoms with Gasteiger partial charge in [0.2, 0.25) is 5.95 Å². The predicted molar refractivity (Wildman–Crippen MR) is 116 cm³/mol. The molecule has 7 nitrogen and oxygen atoms in total. The molecule has 0 spiro atoms. The Labute approximate surface area is 176 Å². The van der Waals surface area contributed by atoms with Gasteiger partial charge in [0.15, 0.2) is 0 Å². The molecule has 3 aromatic rings. The second kappa shape index (κ2) is 8.57. The third-order valence-electron chi connectivity index (χ3n) is 5.19. The van der Waals surface area contributed by atoms with Gasteiger partial charge in [-0.25, -0.2) is 19.9 Å². The Morgan fingerprint density at radius 2 is 1.67 bits per heavy atom. The lowest BCUT2D eigenvalue weighted by Gasteiger charge is -2.32. The Hall–Kier alpha value is -3.35. The highest BCUT2D eigenvalue weighted by atomic mass is 16.2. The van der Waals surface area contributed by atoms with Crippen LogP contribution in [0.4, 0.5) is 11.8 Å². The van der Waals surface area contributed by atoms with E-state index in [0.717, 1.165) is 47.9 Å². The van der Waals surface area contributed by atoms with Gasteiger partial charge in [0.05, 0.1) is 0 Å². The lowest BCUT2D eigenvalue weighted by Crippen LogP contribution is -2.39. The van der Waals surface area contributed by atoms with Gasteiger partial charge in [0.25, 0.3) is 5.91 Å². The molecule has 154 valence electrons. The van der Waals surface area contributed by atoms with E-state index in [9.17, 15) is 4.79 Å². The number of anilines is 2. The minimum Gasteiger partial charge on any atom is -0.338 e. The predicted octanol–water partition coefficient (Wildman–Crippen LogP) is 3.96. The lowest BCUT2D eigenvalue weighted by molar-refractivity contribution is 0.0704. The molecule has 1 amide bonds. The highest BCUT2D eigenvalue weighted by Gasteiger charge is 2.27. The van der Waals surface area contributed by atoms with E-state index < -0.39 is 0 Å². The number of piperidine rings is 1. The van der Waals surface area contributed by atoms with Crippen LogP contribution in [0.15, 0.2) is 42.5 Å². The fourth-order valence-electron chi connectivity index (χ4n) is 3.87. The first-order valence-electron chi connectivity index (χ1n) is 10.3. The second-order valence-corrected chi connectivity index (χ2v) is 7.81. The summed E-state index contributed by atoms with van der Waals surface area (Å²) in [6.45, 7) is 7.22. The van der Waals surface area contributed by atoms with E-state index in [1.165, 1.54) is 0 Å². The van der Waals surface area contributed by atoms with Gasteiger partial charge in [-0.2, -0.15) is 0 Å². The fraction of sp³-hybridized carbons (Fsp3) is 0.348. The molecule has 4 rings (SSSR count). The van der Waals surface area contributed by atoms with Crippen LogP contribution in [0, 0.1) is 20.8 Å². The van der Waals surface area contributed by atoms with E-state index in [1.54, 1.807) is 0 Å². The minimum absolute atomic E-state index is 0.0648. The molecule has 1 atom stereocenters. The van der Waals surface area contributed by atoms with Crippen molar-refractivity contribution in [3.8, 4) is 0 Å². The average Bonchev–Trinajstić information content (AvgIpc) is 2.73. The molecule has 1 saturated heterocycles. The van der Waals surface area contributed by atoms with E-state index >= 15 is 0 Å². The number of nitrogens with zero attached hydrogens (tertiary/aromatic N) is 5. The van der Waals surface area contributed by atoms with Crippen molar-refractivity contribution in [2.75, 3.05) is 18.4 Å². The number of hydrogen-bond acceptors (Lipinski definition) is 6. The molecule has 3 heterocycles. The standard InChI is InChI=1S/C23H26N6O/c1-15-12-16(2)26-23(25-15)28-20-13-17(3)24-21(27-20)19-10-7-11-29(14-19)22(30)18-8-5-4-6-9-18/h4-6,8-9,12-13,19H,7,10-11,14H2,1-3H3,(H,24,25,26,27,28). The van der Waals surface area contributed by atoms with Gasteiger partial charge in [-0.15, -0.1) is 0 Å². The summed E-state index contributed by atoms with van der Waals surface area (Å²) in [5.41, 5.74) is 3.40. The number of carbonyl (C=O) groups is 1. The first-order chi connectivity index (χ1) is 14.5. The van der Waals surface area contributed by atoms with Crippen LogP contribution in [-0.4, -0.2) is 43.8 Å². The molecule has 0 radical (unpaired) electrons. The molecule has 1 aromatic carbocycles. The van der Waals surface area contributed by atoms with Crippen LogP contribution in [0.25, 0.3) is 0 Å². The number of benzene rings is 1. The zero-order valence-corrected chi connectivity index (χ0v) is 17.6. The van der Waals surface area contributed by atoms with Gasteiger partial charge in [0, 0.05) is 47.7 Å². The van der Waals surface area contributed by atoms with Crippen molar-refractivity contribution in [3.63, 3.8) is 0 Å². The van der Waals surface area contributed by atoms with Crippen LogP contribution in [0.5, 0.6) is 0 Å². The van der Waals surface area contributed by atoms with Gasteiger partial charge in [-0.3, -0.25) is 4.79 Å². The Morgan fingerprint density at radius 1 is 0.967 bits per heavy atom. The Kier molecular flexibility index (Phi) is 5.70. The van der Waals surface area contributed by atoms with Gasteiger partial charge in [0.1, 0.15) is 11.6 Å². The van der Waals surface area contributed by atoms with Gasteiger partial charge >= 0.3 is 0 Å². The first kappa shape index (κ1) is 19.9. The number of rotatable bonds is 4. The quantitative estimate of drug-likeness (QED) is 0.711. The SMILES string of the molecule is Cc1cc(C)nc(Nc2cc(C)nc(C3CCCN(C(=O)c4ccccc4)C3)n2)n1. The van der Waals surface area contributed by atoms with Crippen LogP contribution < -0.4 is 5.32 Å². The Morgan fingerprint density at radius 3 is 2.40 bits per heavy atom. The van der Waals surface area contributed by atoms with Crippen molar-refractivity contribution >= 4 is 17.7 Å². The summed E-state index contributed by atoms with van der Waals surface area (Å²) in [5.74, 6) is 2.13. The Bertz CT molecular complexity index is 1030. The summed E-state index contributed by atoms with van der Waals surface area (Å²) in [6.07, 6.45) is 1.89. The second-order valence-electron chi connectivity index (χ2n) is 7.81. The van der Waals surface area contributed by atoms with E-state index in [0.29, 0.717) is 18.3 Å². The van der Waals surface area contributed by atoms with Gasteiger partial charge in [-0.1, -0.05) is 18.2 Å². The third kappa shape index (κ3) is 4.62. The summed E-state index contributed by atoms with van der Waals surface area (Å²) < 4.78 is 0.